The van der Waals surface area contributed by atoms with Gasteiger partial charge in [-0.05, 0) is 25.5 Å². The Labute approximate surface area is 144 Å². The molecule has 1 atom stereocenters. The minimum atomic E-state index is -0.263. The molecule has 0 spiro atoms. The lowest BCUT2D eigenvalue weighted by Gasteiger charge is -2.15. The Bertz CT molecular complexity index is 706. The van der Waals surface area contributed by atoms with Gasteiger partial charge in [0.25, 0.3) is 0 Å². The zero-order valence-electron chi connectivity index (χ0n) is 13.4. The van der Waals surface area contributed by atoms with Crippen LogP contribution in [0.1, 0.15) is 19.2 Å². The van der Waals surface area contributed by atoms with Gasteiger partial charge in [-0.15, -0.1) is 0 Å². The van der Waals surface area contributed by atoms with Crippen LogP contribution in [0.2, 0.25) is 5.02 Å². The Hall–Kier alpha value is -2.12. The molecule has 1 fully saturated rings. The maximum absolute atomic E-state index is 11.7. The fourth-order valence-corrected chi connectivity index (χ4v) is 2.84. The number of nitrogens with zero attached hydrogens (tertiary/aromatic N) is 3. The van der Waals surface area contributed by atoms with E-state index in [4.69, 9.17) is 20.9 Å². The van der Waals surface area contributed by atoms with E-state index in [0.29, 0.717) is 43.0 Å². The van der Waals surface area contributed by atoms with E-state index >= 15 is 0 Å². The van der Waals surface area contributed by atoms with Gasteiger partial charge in [-0.2, -0.15) is 4.98 Å². The number of carbonyl (C=O) groups is 1. The van der Waals surface area contributed by atoms with Crippen molar-refractivity contribution in [3.05, 3.63) is 35.2 Å². The second-order valence-electron chi connectivity index (χ2n) is 5.50. The number of benzene rings is 1. The van der Waals surface area contributed by atoms with Crippen molar-refractivity contribution in [3.63, 3.8) is 0 Å². The van der Waals surface area contributed by atoms with Crippen LogP contribution in [0, 0.1) is 0 Å². The summed E-state index contributed by atoms with van der Waals surface area (Å²) in [5, 5.41) is 7.87. The van der Waals surface area contributed by atoms with Crippen molar-refractivity contribution in [2.45, 2.75) is 25.9 Å². The van der Waals surface area contributed by atoms with E-state index in [0.717, 1.165) is 12.0 Å². The highest BCUT2D eigenvalue weighted by Gasteiger charge is 2.27. The van der Waals surface area contributed by atoms with E-state index in [-0.39, 0.29) is 12.1 Å². The first-order valence-corrected chi connectivity index (χ1v) is 8.27. The molecule has 0 saturated carbocycles. The molecule has 0 aliphatic carbocycles. The quantitative estimate of drug-likeness (QED) is 0.893. The average Bonchev–Trinajstić information content (AvgIpc) is 3.23. The van der Waals surface area contributed by atoms with Crippen LogP contribution in [0.15, 0.2) is 28.8 Å². The SMILES string of the molecule is CCOC(=O)N1CC[C@@H](NCc2nc(-c3ccccc3Cl)no2)C1. The molecule has 7 nitrogen and oxygen atoms in total. The van der Waals surface area contributed by atoms with Crippen LogP contribution < -0.4 is 5.32 Å². The molecule has 128 valence electrons. The number of ether oxygens (including phenoxy) is 1. The first kappa shape index (κ1) is 16.7. The molecule has 0 unspecified atom stereocenters. The molecule has 1 amide bonds. The lowest BCUT2D eigenvalue weighted by Crippen LogP contribution is -2.35. The monoisotopic (exact) mass is 350 g/mol. The van der Waals surface area contributed by atoms with Gasteiger partial charge >= 0.3 is 6.09 Å². The van der Waals surface area contributed by atoms with Crippen molar-refractivity contribution in [2.75, 3.05) is 19.7 Å². The van der Waals surface area contributed by atoms with Gasteiger partial charge in [0, 0.05) is 24.7 Å². The Morgan fingerprint density at radius 1 is 1.50 bits per heavy atom. The van der Waals surface area contributed by atoms with Crippen LogP contribution in [0.4, 0.5) is 4.79 Å². The maximum Gasteiger partial charge on any atom is 0.409 e. The second-order valence-corrected chi connectivity index (χ2v) is 5.91. The van der Waals surface area contributed by atoms with Gasteiger partial charge in [0.1, 0.15) is 0 Å². The number of aromatic nitrogens is 2. The van der Waals surface area contributed by atoms with Crippen molar-refractivity contribution < 1.29 is 14.1 Å². The second kappa shape index (κ2) is 7.63. The van der Waals surface area contributed by atoms with Gasteiger partial charge in [-0.25, -0.2) is 4.79 Å². The predicted octanol–water partition coefficient (Wildman–Crippen LogP) is 2.71. The normalized spacial score (nSPS) is 17.2. The van der Waals surface area contributed by atoms with Crippen LogP contribution in [-0.4, -0.2) is 46.9 Å². The van der Waals surface area contributed by atoms with Gasteiger partial charge in [0.2, 0.25) is 11.7 Å². The lowest BCUT2D eigenvalue weighted by molar-refractivity contribution is 0.115. The fourth-order valence-electron chi connectivity index (χ4n) is 2.62. The molecule has 1 saturated heterocycles. The summed E-state index contributed by atoms with van der Waals surface area (Å²) in [5.74, 6) is 0.955. The molecule has 1 aromatic carbocycles. The third-order valence-corrected chi connectivity index (χ3v) is 4.17. The Morgan fingerprint density at radius 2 is 2.33 bits per heavy atom. The number of rotatable bonds is 5. The topological polar surface area (TPSA) is 80.5 Å². The van der Waals surface area contributed by atoms with Gasteiger partial charge in [-0.1, -0.05) is 28.9 Å². The summed E-state index contributed by atoms with van der Waals surface area (Å²) in [5.41, 5.74) is 0.739. The molecule has 0 radical (unpaired) electrons. The maximum atomic E-state index is 11.7. The summed E-state index contributed by atoms with van der Waals surface area (Å²) < 4.78 is 10.3. The Morgan fingerprint density at radius 3 is 3.12 bits per heavy atom. The lowest BCUT2D eigenvalue weighted by atomic mass is 10.2. The van der Waals surface area contributed by atoms with Gasteiger partial charge in [0.15, 0.2) is 0 Å². The summed E-state index contributed by atoms with van der Waals surface area (Å²) in [6, 6.07) is 7.54. The number of amides is 1. The zero-order chi connectivity index (χ0) is 16.9. The van der Waals surface area contributed by atoms with E-state index < -0.39 is 0 Å². The molecule has 2 heterocycles. The van der Waals surface area contributed by atoms with Crippen LogP contribution in [0.5, 0.6) is 0 Å². The minimum Gasteiger partial charge on any atom is -0.450 e. The smallest absolute Gasteiger partial charge is 0.409 e. The Kier molecular flexibility index (Phi) is 5.32. The molecule has 1 N–H and O–H groups in total. The average molecular weight is 351 g/mol. The molecule has 1 aliphatic heterocycles. The molecule has 1 aromatic heterocycles. The molecule has 2 aromatic rings. The highest BCUT2D eigenvalue weighted by Crippen LogP contribution is 2.24. The summed E-state index contributed by atoms with van der Waals surface area (Å²) in [7, 11) is 0. The van der Waals surface area contributed by atoms with Crippen molar-refractivity contribution in [1.29, 1.82) is 0 Å². The molecular weight excluding hydrogens is 332 g/mol. The van der Waals surface area contributed by atoms with Crippen LogP contribution in [0.3, 0.4) is 0 Å². The minimum absolute atomic E-state index is 0.185. The number of likely N-dealkylation sites (tertiary alicyclic amines) is 1. The van der Waals surface area contributed by atoms with E-state index in [1.54, 1.807) is 17.9 Å². The Balaban J connectivity index is 1.53. The van der Waals surface area contributed by atoms with Crippen LogP contribution in [0.25, 0.3) is 11.4 Å². The van der Waals surface area contributed by atoms with Crippen molar-refractivity contribution in [3.8, 4) is 11.4 Å². The van der Waals surface area contributed by atoms with Crippen LogP contribution >= 0.6 is 11.6 Å². The molecule has 8 heteroatoms. The first-order valence-electron chi connectivity index (χ1n) is 7.90. The number of halogens is 1. The van der Waals surface area contributed by atoms with E-state index in [9.17, 15) is 4.79 Å². The summed E-state index contributed by atoms with van der Waals surface area (Å²) >= 11 is 6.13. The number of nitrogens with one attached hydrogen (secondary N) is 1. The van der Waals surface area contributed by atoms with Crippen molar-refractivity contribution in [2.24, 2.45) is 0 Å². The first-order chi connectivity index (χ1) is 11.7. The van der Waals surface area contributed by atoms with Gasteiger partial charge in [0.05, 0.1) is 18.2 Å². The van der Waals surface area contributed by atoms with Crippen LogP contribution in [-0.2, 0) is 11.3 Å². The van der Waals surface area contributed by atoms with Crippen molar-refractivity contribution in [1.82, 2.24) is 20.4 Å². The fraction of sp³-hybridized carbons (Fsp3) is 0.438. The standard InChI is InChI=1S/C16H19ClN4O3/c1-2-23-16(22)21-8-7-11(10-21)18-9-14-19-15(20-24-14)12-5-3-4-6-13(12)17/h3-6,11,18H,2,7-10H2,1H3/t11-/m1/s1. The summed E-state index contributed by atoms with van der Waals surface area (Å²) in [4.78, 5) is 17.7. The highest BCUT2D eigenvalue weighted by atomic mass is 35.5. The number of hydrogen-bond donors (Lipinski definition) is 1. The zero-order valence-corrected chi connectivity index (χ0v) is 14.1. The summed E-state index contributed by atoms with van der Waals surface area (Å²) in [6.45, 7) is 3.93. The van der Waals surface area contributed by atoms with Gasteiger partial charge in [-0.3, -0.25) is 0 Å². The number of hydrogen-bond acceptors (Lipinski definition) is 6. The molecule has 1 aliphatic rings. The third-order valence-electron chi connectivity index (χ3n) is 3.84. The highest BCUT2D eigenvalue weighted by molar-refractivity contribution is 6.33. The van der Waals surface area contributed by atoms with E-state index in [2.05, 4.69) is 15.5 Å². The molecule has 24 heavy (non-hydrogen) atoms. The van der Waals surface area contributed by atoms with Crippen molar-refractivity contribution >= 4 is 17.7 Å². The molecular formula is C16H19ClN4O3. The third kappa shape index (κ3) is 3.85. The van der Waals surface area contributed by atoms with E-state index in [1.165, 1.54) is 0 Å². The molecule has 0 bridgehead atoms. The molecule has 3 rings (SSSR count). The van der Waals surface area contributed by atoms with Gasteiger partial charge < -0.3 is 19.5 Å². The summed E-state index contributed by atoms with van der Waals surface area (Å²) in [6.07, 6.45) is 0.602. The largest absolute Gasteiger partial charge is 0.450 e. The number of carbonyl (C=O) groups excluding carboxylic acids is 1. The predicted molar refractivity (Wildman–Crippen MR) is 88.6 cm³/mol. The van der Waals surface area contributed by atoms with E-state index in [1.807, 2.05) is 18.2 Å².